The third-order valence-electron chi connectivity index (χ3n) is 3.32. The average Bonchev–Trinajstić information content (AvgIpc) is 2.42. The van der Waals surface area contributed by atoms with E-state index < -0.39 is 0 Å². The van der Waals surface area contributed by atoms with Crippen LogP contribution in [0.25, 0.3) is 5.70 Å². The molecule has 1 aliphatic rings. The summed E-state index contributed by atoms with van der Waals surface area (Å²) >= 11 is 0. The van der Waals surface area contributed by atoms with Crippen molar-refractivity contribution in [2.75, 3.05) is 31.9 Å². The molecule has 0 aliphatic carbocycles. The van der Waals surface area contributed by atoms with Crippen molar-refractivity contribution in [2.24, 2.45) is 0 Å². The van der Waals surface area contributed by atoms with Gasteiger partial charge in [0, 0.05) is 43.1 Å². The van der Waals surface area contributed by atoms with Crippen molar-refractivity contribution < 1.29 is 0 Å². The Balaban J connectivity index is 2.27. The summed E-state index contributed by atoms with van der Waals surface area (Å²) in [6.45, 7) is 6.43. The van der Waals surface area contributed by atoms with Crippen molar-refractivity contribution in [1.82, 2.24) is 10.2 Å². The summed E-state index contributed by atoms with van der Waals surface area (Å²) in [7, 11) is 0. The predicted molar refractivity (Wildman–Crippen MR) is 78.2 cm³/mol. The number of nitrogens with two attached hydrogens (primary N) is 1. The number of rotatable bonds is 4. The Bertz CT molecular complexity index is 406. The molecule has 1 aromatic carbocycles. The van der Waals surface area contributed by atoms with E-state index in [0.717, 1.165) is 38.3 Å². The van der Waals surface area contributed by atoms with Gasteiger partial charge in [-0.1, -0.05) is 37.6 Å². The van der Waals surface area contributed by atoms with E-state index >= 15 is 0 Å². The molecule has 3 N–H and O–H groups in total. The molecule has 0 spiro atoms. The minimum atomic E-state index is 0.874. The second kappa shape index (κ2) is 6.45. The Kier molecular flexibility index (Phi) is 4.65. The molecule has 0 unspecified atom stereocenters. The molecule has 98 valence electrons. The van der Waals surface area contributed by atoms with Crippen LogP contribution in [0.1, 0.15) is 25.3 Å². The van der Waals surface area contributed by atoms with Gasteiger partial charge >= 0.3 is 0 Å². The van der Waals surface area contributed by atoms with Gasteiger partial charge in [0.2, 0.25) is 0 Å². The van der Waals surface area contributed by atoms with Gasteiger partial charge in [-0.2, -0.15) is 0 Å². The normalized spacial score (nSPS) is 16.9. The number of para-hydroxylation sites is 1. The molecule has 1 aromatic rings. The van der Waals surface area contributed by atoms with Crippen molar-refractivity contribution in [3.05, 3.63) is 35.9 Å². The summed E-state index contributed by atoms with van der Waals surface area (Å²) < 4.78 is 0. The maximum absolute atomic E-state index is 6.12. The third kappa shape index (κ3) is 3.05. The lowest BCUT2D eigenvalue weighted by Gasteiger charge is -2.32. The smallest absolute Gasteiger partial charge is 0.0421 e. The van der Waals surface area contributed by atoms with E-state index in [9.17, 15) is 0 Å². The van der Waals surface area contributed by atoms with E-state index in [4.69, 9.17) is 5.73 Å². The van der Waals surface area contributed by atoms with Crippen LogP contribution < -0.4 is 11.1 Å². The molecule has 0 radical (unpaired) electrons. The number of hydrogen-bond donors (Lipinski definition) is 2. The fourth-order valence-electron chi connectivity index (χ4n) is 2.33. The fourth-order valence-corrected chi connectivity index (χ4v) is 2.33. The second-order valence-corrected chi connectivity index (χ2v) is 4.70. The number of anilines is 1. The molecule has 3 heteroatoms. The maximum Gasteiger partial charge on any atom is 0.0421 e. The quantitative estimate of drug-likeness (QED) is 0.800. The summed E-state index contributed by atoms with van der Waals surface area (Å²) in [5.74, 6) is 0. The number of piperazine rings is 1. The van der Waals surface area contributed by atoms with Gasteiger partial charge in [-0.3, -0.25) is 0 Å². The van der Waals surface area contributed by atoms with Crippen LogP contribution in [0, 0.1) is 0 Å². The lowest BCUT2D eigenvalue weighted by molar-refractivity contribution is 0.340. The van der Waals surface area contributed by atoms with E-state index in [0.29, 0.717) is 0 Å². The molecule has 0 saturated carbocycles. The van der Waals surface area contributed by atoms with Gasteiger partial charge in [0.15, 0.2) is 0 Å². The van der Waals surface area contributed by atoms with Gasteiger partial charge in [0.25, 0.3) is 0 Å². The van der Waals surface area contributed by atoms with Crippen molar-refractivity contribution >= 4 is 11.4 Å². The monoisotopic (exact) mass is 245 g/mol. The number of allylic oxidation sites excluding steroid dienone is 1. The molecule has 0 atom stereocenters. The van der Waals surface area contributed by atoms with Crippen molar-refractivity contribution in [3.8, 4) is 0 Å². The van der Waals surface area contributed by atoms with Gasteiger partial charge in [-0.25, -0.2) is 0 Å². The van der Waals surface area contributed by atoms with E-state index in [1.54, 1.807) is 0 Å². The topological polar surface area (TPSA) is 41.3 Å². The molecule has 1 heterocycles. The standard InChI is InChI=1S/C15H23N3/c1-2-3-8-15(18-11-9-17-10-12-18)13-6-4-5-7-14(13)16/h4-8,17H,2-3,9-12,16H2,1H3/b15-8+. The van der Waals surface area contributed by atoms with E-state index in [-0.39, 0.29) is 0 Å². The van der Waals surface area contributed by atoms with Gasteiger partial charge in [0.1, 0.15) is 0 Å². The summed E-state index contributed by atoms with van der Waals surface area (Å²) in [5.41, 5.74) is 9.47. The van der Waals surface area contributed by atoms with Crippen LogP contribution in [0.15, 0.2) is 30.3 Å². The van der Waals surface area contributed by atoms with E-state index in [1.165, 1.54) is 17.7 Å². The molecule has 18 heavy (non-hydrogen) atoms. The van der Waals surface area contributed by atoms with Crippen LogP contribution >= 0.6 is 0 Å². The van der Waals surface area contributed by atoms with Crippen LogP contribution in [0.4, 0.5) is 5.69 Å². The number of unbranched alkanes of at least 4 members (excludes halogenated alkanes) is 1. The number of nitrogens with one attached hydrogen (secondary N) is 1. The Morgan fingerprint density at radius 1 is 1.33 bits per heavy atom. The summed E-state index contributed by atoms with van der Waals surface area (Å²) in [5, 5.41) is 3.39. The number of hydrogen-bond acceptors (Lipinski definition) is 3. The molecule has 0 aromatic heterocycles. The Hall–Kier alpha value is -1.48. The number of nitrogens with zero attached hydrogens (tertiary/aromatic N) is 1. The third-order valence-corrected chi connectivity index (χ3v) is 3.32. The molecule has 0 amide bonds. The zero-order valence-electron chi connectivity index (χ0n) is 11.2. The first kappa shape index (κ1) is 13.0. The summed E-state index contributed by atoms with van der Waals surface area (Å²) in [6, 6.07) is 8.16. The highest BCUT2D eigenvalue weighted by Crippen LogP contribution is 2.25. The van der Waals surface area contributed by atoms with Crippen molar-refractivity contribution in [1.29, 1.82) is 0 Å². The fraction of sp³-hybridized carbons (Fsp3) is 0.467. The molecule has 1 saturated heterocycles. The first-order valence-electron chi connectivity index (χ1n) is 6.83. The second-order valence-electron chi connectivity index (χ2n) is 4.70. The first-order valence-corrected chi connectivity index (χ1v) is 6.83. The Labute approximate surface area is 110 Å². The zero-order valence-corrected chi connectivity index (χ0v) is 11.2. The highest BCUT2D eigenvalue weighted by Gasteiger charge is 2.15. The van der Waals surface area contributed by atoms with Gasteiger partial charge < -0.3 is 16.0 Å². The van der Waals surface area contributed by atoms with Crippen LogP contribution in [0.5, 0.6) is 0 Å². The predicted octanol–water partition coefficient (Wildman–Crippen LogP) is 2.31. The molecule has 3 nitrogen and oxygen atoms in total. The van der Waals surface area contributed by atoms with Crippen LogP contribution in [-0.2, 0) is 0 Å². The highest BCUT2D eigenvalue weighted by atomic mass is 15.2. The Morgan fingerprint density at radius 3 is 2.72 bits per heavy atom. The minimum Gasteiger partial charge on any atom is -0.398 e. The molecule has 2 rings (SSSR count). The van der Waals surface area contributed by atoms with Crippen LogP contribution in [0.3, 0.4) is 0 Å². The van der Waals surface area contributed by atoms with Gasteiger partial charge in [-0.05, 0) is 12.5 Å². The first-order chi connectivity index (χ1) is 8.83. The molecular weight excluding hydrogens is 222 g/mol. The average molecular weight is 245 g/mol. The van der Waals surface area contributed by atoms with Crippen LogP contribution in [0.2, 0.25) is 0 Å². The summed E-state index contributed by atoms with van der Waals surface area (Å²) in [6.07, 6.45) is 4.60. The Morgan fingerprint density at radius 2 is 2.06 bits per heavy atom. The number of nitrogen functional groups attached to an aromatic ring is 1. The lowest BCUT2D eigenvalue weighted by Crippen LogP contribution is -2.42. The molecular formula is C15H23N3. The van der Waals surface area contributed by atoms with E-state index in [2.05, 4.69) is 35.3 Å². The van der Waals surface area contributed by atoms with Crippen molar-refractivity contribution in [3.63, 3.8) is 0 Å². The molecule has 1 fully saturated rings. The largest absolute Gasteiger partial charge is 0.398 e. The van der Waals surface area contributed by atoms with Crippen molar-refractivity contribution in [2.45, 2.75) is 19.8 Å². The number of benzene rings is 1. The highest BCUT2D eigenvalue weighted by molar-refractivity contribution is 5.74. The SMILES string of the molecule is CCC/C=C(\c1ccccc1N)N1CCNCC1. The zero-order chi connectivity index (χ0) is 12.8. The van der Waals surface area contributed by atoms with Gasteiger partial charge in [0.05, 0.1) is 0 Å². The lowest BCUT2D eigenvalue weighted by atomic mass is 10.1. The van der Waals surface area contributed by atoms with E-state index in [1.807, 2.05) is 12.1 Å². The molecule has 0 bridgehead atoms. The van der Waals surface area contributed by atoms with Gasteiger partial charge in [-0.15, -0.1) is 0 Å². The maximum atomic E-state index is 6.12. The molecule has 1 aliphatic heterocycles. The van der Waals surface area contributed by atoms with Crippen LogP contribution in [-0.4, -0.2) is 31.1 Å². The minimum absolute atomic E-state index is 0.874. The summed E-state index contributed by atoms with van der Waals surface area (Å²) in [4.78, 5) is 2.44.